The van der Waals surface area contributed by atoms with Crippen molar-refractivity contribution in [1.82, 2.24) is 29.9 Å². The topological polar surface area (TPSA) is 124 Å². The molecular weight excluding hydrogens is 719 g/mol. The molecule has 0 radical (unpaired) electrons. The zero-order chi connectivity index (χ0) is 38.3. The molecule has 2 saturated heterocycles. The minimum Gasteiger partial charge on any atom is -0.423 e. The number of halogens is 1. The predicted octanol–water partition coefficient (Wildman–Crippen LogP) is 6.94. The van der Waals surface area contributed by atoms with Crippen LogP contribution in [0, 0.1) is 0 Å². The van der Waals surface area contributed by atoms with Gasteiger partial charge in [0.25, 0.3) is 0 Å². The number of benzene rings is 4. The molecule has 0 atom stereocenters. The quantitative estimate of drug-likeness (QED) is 0.173. The van der Waals surface area contributed by atoms with Crippen molar-refractivity contribution >= 4 is 57.6 Å². The van der Waals surface area contributed by atoms with E-state index in [9.17, 15) is 0 Å². The number of nitrogens with zero attached hydrogens (tertiary/aromatic N) is 8. The first-order chi connectivity index (χ1) is 27.5. The van der Waals surface area contributed by atoms with Gasteiger partial charge in [0, 0.05) is 79.1 Å². The van der Waals surface area contributed by atoms with E-state index in [1.54, 1.807) is 49.1 Å². The first-order valence-electron chi connectivity index (χ1n) is 18.5. The molecule has 0 spiro atoms. The molecule has 4 aromatic carbocycles. The van der Waals surface area contributed by atoms with Crippen molar-refractivity contribution in [2.24, 2.45) is 0 Å². The van der Waals surface area contributed by atoms with Crippen molar-refractivity contribution in [3.63, 3.8) is 0 Å². The maximum atomic E-state index is 8.58. The van der Waals surface area contributed by atoms with Crippen LogP contribution in [0.2, 0.25) is 5.15 Å². The molecule has 56 heavy (non-hydrogen) atoms. The van der Waals surface area contributed by atoms with Crippen LogP contribution >= 0.6 is 11.6 Å². The largest absolute Gasteiger partial charge is 0.488 e. The molecule has 6 heterocycles. The number of hydrogen-bond donors (Lipinski definition) is 2. The Hall–Kier alpha value is -6.27. The van der Waals surface area contributed by atoms with Crippen LogP contribution in [0.1, 0.15) is 23.2 Å². The third-order valence-electron chi connectivity index (χ3n) is 9.90. The van der Waals surface area contributed by atoms with Crippen molar-refractivity contribution in [2.75, 3.05) is 36.0 Å². The van der Waals surface area contributed by atoms with Crippen LogP contribution in [0.5, 0.6) is 0 Å². The molecule has 2 fully saturated rings. The Morgan fingerprint density at radius 1 is 0.500 bits per heavy atom. The lowest BCUT2D eigenvalue weighted by Crippen LogP contribution is -2.46. The molecule has 0 saturated carbocycles. The van der Waals surface area contributed by atoms with Gasteiger partial charge in [-0.05, 0) is 41.9 Å². The van der Waals surface area contributed by atoms with Crippen molar-refractivity contribution in [3.8, 4) is 11.3 Å². The highest BCUT2D eigenvalue weighted by Crippen LogP contribution is 2.35. The van der Waals surface area contributed by atoms with Crippen LogP contribution < -0.4 is 15.3 Å². The number of fused-ring (bicyclic) bond motifs is 2. The SMILES string of the molecule is Clc1nccnc1C1CN(c2ccc3ccccc3n2)C1.OB(O)c1ccccc1.c1ccc(-c2nccnc2C2CN(c3ccc4ccccc4n3)C2)cc1. The van der Waals surface area contributed by atoms with Crippen LogP contribution in [-0.2, 0) is 0 Å². The van der Waals surface area contributed by atoms with Gasteiger partial charge in [-0.25, -0.2) is 15.0 Å². The molecule has 2 N–H and O–H groups in total. The van der Waals surface area contributed by atoms with Crippen LogP contribution in [-0.4, -0.2) is 73.2 Å². The van der Waals surface area contributed by atoms with Gasteiger partial charge in [-0.2, -0.15) is 0 Å². The van der Waals surface area contributed by atoms with Gasteiger partial charge >= 0.3 is 7.12 Å². The molecule has 0 bridgehead atoms. The van der Waals surface area contributed by atoms with E-state index in [1.807, 2.05) is 54.6 Å². The van der Waals surface area contributed by atoms with Gasteiger partial charge in [-0.3, -0.25) is 15.0 Å². The summed E-state index contributed by atoms with van der Waals surface area (Å²) in [5.74, 6) is 2.75. The smallest absolute Gasteiger partial charge is 0.423 e. The molecule has 0 amide bonds. The van der Waals surface area contributed by atoms with Gasteiger partial charge in [-0.15, -0.1) is 0 Å². The summed E-state index contributed by atoms with van der Waals surface area (Å²) in [6.07, 6.45) is 6.87. The summed E-state index contributed by atoms with van der Waals surface area (Å²) in [6.45, 7) is 3.60. The van der Waals surface area contributed by atoms with Crippen LogP contribution in [0.3, 0.4) is 0 Å². The number of rotatable bonds is 6. The Kier molecular flexibility index (Phi) is 11.2. The van der Waals surface area contributed by atoms with Crippen molar-refractivity contribution in [3.05, 3.63) is 175 Å². The Balaban J connectivity index is 0.000000131. The first kappa shape index (κ1) is 36.7. The van der Waals surface area contributed by atoms with Gasteiger partial charge in [0.15, 0.2) is 5.15 Å². The monoisotopic (exact) mass is 756 g/mol. The number of aromatic nitrogens is 6. The number of anilines is 2. The Morgan fingerprint density at radius 2 is 0.964 bits per heavy atom. The standard InChI is InChI=1S/C22H18N4.C16H13ClN4.C6H7BO2/c1-2-7-17(8-3-1)21-22(24-13-12-23-21)18-14-26(15-18)20-11-10-16-6-4-5-9-19(16)25-20;17-16-15(18-7-8-19-16)12-9-21(10-12)14-6-5-11-3-1-2-4-13(11)20-14;8-7(9)6-4-2-1-3-5-6/h1-13,18H,14-15H2;1-8,12H,9-10H2;1-5,8-9H. The fourth-order valence-corrected chi connectivity index (χ4v) is 7.10. The lowest BCUT2D eigenvalue weighted by molar-refractivity contribution is 0.426. The number of hydrogen-bond acceptors (Lipinski definition) is 10. The lowest BCUT2D eigenvalue weighted by Gasteiger charge is -2.40. The highest BCUT2D eigenvalue weighted by atomic mass is 35.5. The van der Waals surface area contributed by atoms with E-state index in [4.69, 9.17) is 31.6 Å². The second-order valence-electron chi connectivity index (χ2n) is 13.6. The van der Waals surface area contributed by atoms with Crippen molar-refractivity contribution in [2.45, 2.75) is 11.8 Å². The molecule has 2 aliphatic heterocycles. The average Bonchev–Trinajstić information content (AvgIpc) is 3.22. The summed E-state index contributed by atoms with van der Waals surface area (Å²) >= 11 is 6.10. The summed E-state index contributed by atoms with van der Waals surface area (Å²) in [5, 5.41) is 20.0. The van der Waals surface area contributed by atoms with Gasteiger partial charge in [0.1, 0.15) is 11.6 Å². The van der Waals surface area contributed by atoms with Crippen molar-refractivity contribution in [1.29, 1.82) is 0 Å². The normalized spacial score (nSPS) is 13.8. The average molecular weight is 757 g/mol. The van der Waals surface area contributed by atoms with E-state index in [0.717, 1.165) is 76.9 Å². The van der Waals surface area contributed by atoms with E-state index < -0.39 is 7.12 Å². The third-order valence-corrected chi connectivity index (χ3v) is 10.2. The fraction of sp³-hybridized carbons (Fsp3) is 0.136. The molecule has 0 unspecified atom stereocenters. The second kappa shape index (κ2) is 17.0. The molecule has 12 heteroatoms. The van der Waals surface area contributed by atoms with Crippen molar-refractivity contribution < 1.29 is 10.0 Å². The molecule has 0 aliphatic carbocycles. The summed E-state index contributed by atoms with van der Waals surface area (Å²) in [5.41, 5.74) is 6.67. The molecule has 8 aromatic rings. The van der Waals surface area contributed by atoms with Gasteiger partial charge in [0.2, 0.25) is 0 Å². The van der Waals surface area contributed by atoms with Gasteiger partial charge in [-0.1, -0.05) is 109 Å². The summed E-state index contributed by atoms with van der Waals surface area (Å²) < 4.78 is 0. The second-order valence-corrected chi connectivity index (χ2v) is 14.0. The van der Waals surface area contributed by atoms with Gasteiger partial charge < -0.3 is 19.8 Å². The van der Waals surface area contributed by atoms with E-state index in [-0.39, 0.29) is 0 Å². The minimum atomic E-state index is -1.34. The molecular formula is C44H38BClN8O2. The van der Waals surface area contributed by atoms with Crippen LogP contribution in [0.4, 0.5) is 11.6 Å². The van der Waals surface area contributed by atoms with E-state index in [0.29, 0.717) is 22.5 Å². The van der Waals surface area contributed by atoms with Gasteiger partial charge in [0.05, 0.1) is 28.1 Å². The predicted molar refractivity (Wildman–Crippen MR) is 224 cm³/mol. The number of para-hydroxylation sites is 2. The molecule has 10 nitrogen and oxygen atoms in total. The van der Waals surface area contributed by atoms with E-state index in [1.165, 1.54) is 5.39 Å². The molecule has 10 rings (SSSR count). The van der Waals surface area contributed by atoms with Crippen LogP contribution in [0.25, 0.3) is 33.1 Å². The van der Waals surface area contributed by atoms with E-state index >= 15 is 0 Å². The van der Waals surface area contributed by atoms with E-state index in [2.05, 4.69) is 84.3 Å². The molecule has 276 valence electrons. The first-order valence-corrected chi connectivity index (χ1v) is 18.8. The fourth-order valence-electron chi connectivity index (χ4n) is 6.84. The summed E-state index contributed by atoms with van der Waals surface area (Å²) in [7, 11) is -1.34. The third kappa shape index (κ3) is 8.35. The zero-order valence-corrected chi connectivity index (χ0v) is 31.2. The zero-order valence-electron chi connectivity index (χ0n) is 30.4. The number of pyridine rings is 2. The maximum absolute atomic E-state index is 8.58. The highest BCUT2D eigenvalue weighted by Gasteiger charge is 2.33. The summed E-state index contributed by atoms with van der Waals surface area (Å²) in [4.78, 5) is 31.7. The lowest BCUT2D eigenvalue weighted by atomic mass is 9.81. The summed E-state index contributed by atoms with van der Waals surface area (Å²) in [6, 6.07) is 43.8. The maximum Gasteiger partial charge on any atom is 0.488 e. The highest BCUT2D eigenvalue weighted by molar-refractivity contribution is 6.58. The Bertz CT molecular complexity index is 2540. The molecule has 2 aliphatic rings. The Labute approximate surface area is 330 Å². The Morgan fingerprint density at radius 3 is 1.50 bits per heavy atom. The van der Waals surface area contributed by atoms with Crippen LogP contribution in [0.15, 0.2) is 158 Å². The molecule has 4 aromatic heterocycles. The minimum absolute atomic E-state index is 0.333.